The Bertz CT molecular complexity index is 643. The number of hydrogen-bond donors (Lipinski definition) is 2. The smallest absolute Gasteiger partial charge is 0.372 e. The Morgan fingerprint density at radius 2 is 2.14 bits per heavy atom. The van der Waals surface area contributed by atoms with Gasteiger partial charge in [-0.25, -0.2) is 0 Å². The first-order valence-corrected chi connectivity index (χ1v) is 8.03. The van der Waals surface area contributed by atoms with Gasteiger partial charge in [-0.2, -0.15) is 9.38 Å². The van der Waals surface area contributed by atoms with Crippen molar-refractivity contribution in [2.75, 3.05) is 11.9 Å². The Balaban J connectivity index is 1.79. The Kier molecular flexibility index (Phi) is 3.81. The number of aliphatic hydroxyl groups is 1. The number of fused-ring (bicyclic) bond motifs is 1. The highest BCUT2D eigenvalue weighted by molar-refractivity contribution is 7.15. The number of nitrogens with zero attached hydrogens (tertiary/aromatic N) is 3. The van der Waals surface area contributed by atoms with Gasteiger partial charge in [0.2, 0.25) is 5.82 Å². The lowest BCUT2D eigenvalue weighted by atomic mass is 9.94. The van der Waals surface area contributed by atoms with Crippen molar-refractivity contribution in [1.29, 1.82) is 0 Å². The SMILES string of the molecule is O=[N+]([O-])c1c(NCC2(O)CCCCCC2)nc2sccn12. The molecule has 2 heterocycles. The van der Waals surface area contributed by atoms with E-state index < -0.39 is 10.5 Å². The summed E-state index contributed by atoms with van der Waals surface area (Å²) in [5.41, 5.74) is -0.790. The minimum absolute atomic E-state index is 0.0662. The second-order valence-electron chi connectivity index (χ2n) is 5.59. The number of nitrogens with one attached hydrogen (secondary N) is 1. The summed E-state index contributed by atoms with van der Waals surface area (Å²) >= 11 is 1.35. The number of aromatic nitrogens is 2. The molecule has 7 nitrogen and oxygen atoms in total. The molecule has 1 aliphatic rings. The zero-order valence-electron chi connectivity index (χ0n) is 11.6. The van der Waals surface area contributed by atoms with E-state index in [1.807, 2.05) is 0 Å². The van der Waals surface area contributed by atoms with Crippen molar-refractivity contribution >= 4 is 27.9 Å². The number of rotatable bonds is 4. The van der Waals surface area contributed by atoms with Crippen LogP contribution in [-0.4, -0.2) is 31.6 Å². The second kappa shape index (κ2) is 5.61. The molecule has 1 saturated carbocycles. The Morgan fingerprint density at radius 1 is 1.43 bits per heavy atom. The van der Waals surface area contributed by atoms with E-state index in [1.165, 1.54) is 15.7 Å². The van der Waals surface area contributed by atoms with E-state index in [9.17, 15) is 15.2 Å². The lowest BCUT2D eigenvalue weighted by molar-refractivity contribution is -0.389. The van der Waals surface area contributed by atoms with Crippen LogP contribution in [-0.2, 0) is 0 Å². The van der Waals surface area contributed by atoms with E-state index in [0.717, 1.165) is 38.5 Å². The summed E-state index contributed by atoms with van der Waals surface area (Å²) in [7, 11) is 0. The van der Waals surface area contributed by atoms with Gasteiger partial charge in [0, 0.05) is 11.9 Å². The van der Waals surface area contributed by atoms with Gasteiger partial charge in [-0.3, -0.25) is 0 Å². The summed E-state index contributed by atoms with van der Waals surface area (Å²) in [6, 6.07) is 0. The fourth-order valence-electron chi connectivity index (χ4n) is 2.88. The molecular formula is C13H18N4O3S. The van der Waals surface area contributed by atoms with E-state index in [4.69, 9.17) is 0 Å². The third kappa shape index (κ3) is 2.86. The number of thiazole rings is 1. The summed E-state index contributed by atoms with van der Waals surface area (Å²) < 4.78 is 1.46. The van der Waals surface area contributed by atoms with Crippen LogP contribution in [0.5, 0.6) is 0 Å². The van der Waals surface area contributed by atoms with Crippen LogP contribution in [0.25, 0.3) is 4.96 Å². The van der Waals surface area contributed by atoms with Crippen molar-refractivity contribution < 1.29 is 10.0 Å². The molecule has 2 N–H and O–H groups in total. The summed E-state index contributed by atoms with van der Waals surface area (Å²) in [5, 5.41) is 26.6. The molecule has 0 unspecified atom stereocenters. The van der Waals surface area contributed by atoms with E-state index in [0.29, 0.717) is 11.5 Å². The summed E-state index contributed by atoms with van der Waals surface area (Å²) in [6.07, 6.45) is 7.38. The highest BCUT2D eigenvalue weighted by Crippen LogP contribution is 2.31. The molecule has 0 spiro atoms. The first-order chi connectivity index (χ1) is 10.1. The van der Waals surface area contributed by atoms with E-state index in [1.54, 1.807) is 11.6 Å². The molecule has 3 rings (SSSR count). The van der Waals surface area contributed by atoms with Gasteiger partial charge in [0.25, 0.3) is 4.96 Å². The average Bonchev–Trinajstić information content (AvgIpc) is 2.93. The lowest BCUT2D eigenvalue weighted by Crippen LogP contribution is -2.36. The van der Waals surface area contributed by atoms with Crippen LogP contribution in [0.15, 0.2) is 11.6 Å². The molecule has 0 aromatic carbocycles. The molecule has 1 fully saturated rings. The maximum Gasteiger partial charge on any atom is 0.372 e. The van der Waals surface area contributed by atoms with Crippen LogP contribution in [0, 0.1) is 10.1 Å². The first-order valence-electron chi connectivity index (χ1n) is 7.15. The van der Waals surface area contributed by atoms with Crippen LogP contribution >= 0.6 is 11.3 Å². The third-order valence-corrected chi connectivity index (χ3v) is 4.79. The Morgan fingerprint density at radius 3 is 2.81 bits per heavy atom. The Hall–Kier alpha value is -1.67. The first kappa shape index (κ1) is 14.3. The van der Waals surface area contributed by atoms with Gasteiger partial charge in [0.1, 0.15) is 6.20 Å². The van der Waals surface area contributed by atoms with Gasteiger partial charge in [0.15, 0.2) is 0 Å². The number of hydrogen-bond acceptors (Lipinski definition) is 6. The average molecular weight is 310 g/mol. The second-order valence-corrected chi connectivity index (χ2v) is 6.46. The standard InChI is InChI=1S/C13H18N4O3S/c18-13(5-3-1-2-4-6-13)9-14-10-11(17(19)20)16-7-8-21-12(16)15-10/h7-8,14,18H,1-6,9H2. The fraction of sp³-hybridized carbons (Fsp3) is 0.615. The van der Waals surface area contributed by atoms with Gasteiger partial charge in [-0.15, -0.1) is 0 Å². The van der Waals surface area contributed by atoms with Crippen LogP contribution < -0.4 is 5.32 Å². The van der Waals surface area contributed by atoms with Crippen LogP contribution in [0.3, 0.4) is 0 Å². The van der Waals surface area contributed by atoms with Crippen molar-refractivity contribution in [2.24, 2.45) is 0 Å². The Labute approximate surface area is 125 Å². The molecule has 0 aliphatic heterocycles. The number of anilines is 1. The molecule has 0 amide bonds. The minimum atomic E-state index is -0.790. The molecule has 8 heteroatoms. The van der Waals surface area contributed by atoms with E-state index in [-0.39, 0.29) is 11.6 Å². The van der Waals surface area contributed by atoms with Crippen molar-refractivity contribution in [1.82, 2.24) is 9.38 Å². The third-order valence-electron chi connectivity index (χ3n) is 4.03. The van der Waals surface area contributed by atoms with Crippen LogP contribution in [0.2, 0.25) is 0 Å². The van der Waals surface area contributed by atoms with Crippen molar-refractivity contribution in [3.63, 3.8) is 0 Å². The largest absolute Gasteiger partial charge is 0.388 e. The normalized spacial score (nSPS) is 18.5. The van der Waals surface area contributed by atoms with Crippen molar-refractivity contribution in [3.05, 3.63) is 21.7 Å². The summed E-state index contributed by atoms with van der Waals surface area (Å²) in [4.78, 5) is 15.6. The van der Waals surface area contributed by atoms with Gasteiger partial charge in [-0.05, 0) is 17.8 Å². The van der Waals surface area contributed by atoms with E-state index in [2.05, 4.69) is 10.3 Å². The predicted octanol–water partition coefficient (Wildman–Crippen LogP) is 2.80. The minimum Gasteiger partial charge on any atom is -0.388 e. The van der Waals surface area contributed by atoms with Crippen LogP contribution in [0.1, 0.15) is 38.5 Å². The molecule has 0 saturated heterocycles. The van der Waals surface area contributed by atoms with Crippen molar-refractivity contribution in [3.8, 4) is 0 Å². The maximum absolute atomic E-state index is 11.2. The molecule has 0 radical (unpaired) electrons. The highest BCUT2D eigenvalue weighted by atomic mass is 32.1. The molecule has 1 aliphatic carbocycles. The fourth-order valence-corrected chi connectivity index (χ4v) is 3.59. The van der Waals surface area contributed by atoms with Crippen molar-refractivity contribution in [2.45, 2.75) is 44.1 Å². The zero-order chi connectivity index (χ0) is 14.9. The molecule has 2 aromatic heterocycles. The lowest BCUT2D eigenvalue weighted by Gasteiger charge is -2.26. The van der Waals surface area contributed by atoms with E-state index >= 15 is 0 Å². The zero-order valence-corrected chi connectivity index (χ0v) is 12.4. The summed E-state index contributed by atoms with van der Waals surface area (Å²) in [5.74, 6) is 0.174. The van der Waals surface area contributed by atoms with Gasteiger partial charge < -0.3 is 20.5 Å². The van der Waals surface area contributed by atoms with Crippen LogP contribution in [0.4, 0.5) is 11.6 Å². The molecule has 114 valence electrons. The summed E-state index contributed by atoms with van der Waals surface area (Å²) in [6.45, 7) is 0.304. The van der Waals surface area contributed by atoms with Gasteiger partial charge in [0.05, 0.1) is 5.60 Å². The topological polar surface area (TPSA) is 92.7 Å². The highest BCUT2D eigenvalue weighted by Gasteiger charge is 2.30. The quantitative estimate of drug-likeness (QED) is 0.514. The number of nitro groups is 1. The molecule has 2 aromatic rings. The number of imidazole rings is 1. The monoisotopic (exact) mass is 310 g/mol. The molecule has 0 bridgehead atoms. The van der Waals surface area contributed by atoms with Gasteiger partial charge >= 0.3 is 5.82 Å². The molecule has 0 atom stereocenters. The maximum atomic E-state index is 11.2. The molecular weight excluding hydrogens is 292 g/mol. The van der Waals surface area contributed by atoms with Gasteiger partial charge in [-0.1, -0.05) is 37.0 Å². The predicted molar refractivity (Wildman–Crippen MR) is 80.9 cm³/mol. The molecule has 21 heavy (non-hydrogen) atoms.